The van der Waals surface area contributed by atoms with Crippen molar-refractivity contribution in [1.29, 1.82) is 0 Å². The van der Waals surface area contributed by atoms with Crippen LogP contribution >= 0.6 is 0 Å². The van der Waals surface area contributed by atoms with Crippen molar-refractivity contribution in [2.45, 2.75) is 66.2 Å². The number of nitrogens with zero attached hydrogens (tertiary/aromatic N) is 2. The lowest BCUT2D eigenvalue weighted by atomic mass is 10.2. The summed E-state index contributed by atoms with van der Waals surface area (Å²) in [5.41, 5.74) is 0. The zero-order chi connectivity index (χ0) is 25.6. The van der Waals surface area contributed by atoms with Gasteiger partial charge in [-0.25, -0.2) is 0 Å². The predicted molar refractivity (Wildman–Crippen MR) is 127 cm³/mol. The fourth-order valence-corrected chi connectivity index (χ4v) is 3.32. The SMILES string of the molecule is CCOC(=O)CCCN(CCCN(CCC(=O)OCC)CCC(=O)OCC)CCC(=O)OCC. The van der Waals surface area contributed by atoms with E-state index < -0.39 is 0 Å². The van der Waals surface area contributed by atoms with Crippen molar-refractivity contribution in [3.63, 3.8) is 0 Å². The Morgan fingerprint density at radius 3 is 1.09 bits per heavy atom. The molecule has 0 rings (SSSR count). The van der Waals surface area contributed by atoms with E-state index in [1.54, 1.807) is 27.7 Å². The third-order valence-corrected chi connectivity index (χ3v) is 4.92. The number of rotatable bonds is 21. The van der Waals surface area contributed by atoms with Gasteiger partial charge in [0.05, 0.1) is 45.7 Å². The van der Waals surface area contributed by atoms with E-state index in [0.717, 1.165) is 6.42 Å². The maximum Gasteiger partial charge on any atom is 0.307 e. The molecule has 0 aliphatic rings. The molecule has 198 valence electrons. The average Bonchev–Trinajstić information content (AvgIpc) is 2.79. The highest BCUT2D eigenvalue weighted by molar-refractivity contribution is 5.70. The maximum atomic E-state index is 11.8. The van der Waals surface area contributed by atoms with Crippen LogP contribution in [0, 0.1) is 0 Å². The molecule has 10 nitrogen and oxygen atoms in total. The molecular formula is C24H44N2O8. The molecule has 0 spiro atoms. The second kappa shape index (κ2) is 21.3. The molecule has 0 aromatic heterocycles. The van der Waals surface area contributed by atoms with Gasteiger partial charge in [0, 0.05) is 26.1 Å². The van der Waals surface area contributed by atoms with Gasteiger partial charge in [-0.1, -0.05) is 0 Å². The molecule has 0 aromatic carbocycles. The summed E-state index contributed by atoms with van der Waals surface area (Å²) in [6.45, 7) is 12.0. The van der Waals surface area contributed by atoms with Gasteiger partial charge in [0.2, 0.25) is 0 Å². The monoisotopic (exact) mass is 488 g/mol. The van der Waals surface area contributed by atoms with Gasteiger partial charge in [0.15, 0.2) is 0 Å². The third kappa shape index (κ3) is 18.3. The van der Waals surface area contributed by atoms with Crippen LogP contribution in [0.5, 0.6) is 0 Å². The van der Waals surface area contributed by atoms with Crippen molar-refractivity contribution >= 4 is 23.9 Å². The summed E-state index contributed by atoms with van der Waals surface area (Å²) >= 11 is 0. The standard InChI is InChI=1S/C24H44N2O8/c1-5-31-21(27)11-9-15-25(18-12-22(28)32-6-2)16-10-17-26(19-13-23(29)33-7-3)20-14-24(30)34-8-4/h5-20H2,1-4H3. The number of esters is 4. The first-order chi connectivity index (χ1) is 16.4. The van der Waals surface area contributed by atoms with Crippen molar-refractivity contribution in [3.05, 3.63) is 0 Å². The first kappa shape index (κ1) is 31.8. The minimum absolute atomic E-state index is 0.225. The lowest BCUT2D eigenvalue weighted by Crippen LogP contribution is -2.34. The van der Waals surface area contributed by atoms with E-state index in [1.807, 2.05) is 0 Å². The lowest BCUT2D eigenvalue weighted by Gasteiger charge is -2.25. The molecule has 0 heterocycles. The quantitative estimate of drug-likeness (QED) is 0.176. The van der Waals surface area contributed by atoms with Crippen LogP contribution in [0.2, 0.25) is 0 Å². The normalized spacial score (nSPS) is 10.9. The molecule has 0 unspecified atom stereocenters. The second-order valence-electron chi connectivity index (χ2n) is 7.61. The Hall–Kier alpha value is -2.20. The fraction of sp³-hybridized carbons (Fsp3) is 0.833. The highest BCUT2D eigenvalue weighted by Crippen LogP contribution is 2.05. The van der Waals surface area contributed by atoms with E-state index in [-0.39, 0.29) is 43.1 Å². The first-order valence-electron chi connectivity index (χ1n) is 12.4. The lowest BCUT2D eigenvalue weighted by molar-refractivity contribution is -0.144. The molecule has 0 radical (unpaired) electrons. The van der Waals surface area contributed by atoms with Gasteiger partial charge >= 0.3 is 23.9 Å². The van der Waals surface area contributed by atoms with Crippen molar-refractivity contribution in [1.82, 2.24) is 9.80 Å². The van der Waals surface area contributed by atoms with Gasteiger partial charge in [-0.2, -0.15) is 0 Å². The van der Waals surface area contributed by atoms with E-state index in [9.17, 15) is 19.2 Å². The van der Waals surface area contributed by atoms with Crippen LogP contribution in [0.1, 0.15) is 66.2 Å². The minimum Gasteiger partial charge on any atom is -0.466 e. The molecule has 0 aliphatic carbocycles. The Balaban J connectivity index is 4.77. The van der Waals surface area contributed by atoms with E-state index in [2.05, 4.69) is 9.80 Å². The van der Waals surface area contributed by atoms with Crippen LogP contribution in [0.25, 0.3) is 0 Å². The van der Waals surface area contributed by atoms with Gasteiger partial charge in [0.1, 0.15) is 0 Å². The van der Waals surface area contributed by atoms with Crippen molar-refractivity contribution in [3.8, 4) is 0 Å². The average molecular weight is 489 g/mol. The van der Waals surface area contributed by atoms with Crippen LogP contribution in [-0.2, 0) is 38.1 Å². The Kier molecular flexibility index (Phi) is 20.0. The van der Waals surface area contributed by atoms with Crippen molar-refractivity contribution in [2.24, 2.45) is 0 Å². The van der Waals surface area contributed by atoms with E-state index in [1.165, 1.54) is 0 Å². The third-order valence-electron chi connectivity index (χ3n) is 4.92. The van der Waals surface area contributed by atoms with Crippen molar-refractivity contribution < 1.29 is 38.1 Å². The number of ether oxygens (including phenoxy) is 4. The first-order valence-corrected chi connectivity index (χ1v) is 12.4. The van der Waals surface area contributed by atoms with Gasteiger partial charge in [-0.15, -0.1) is 0 Å². The largest absolute Gasteiger partial charge is 0.466 e. The smallest absolute Gasteiger partial charge is 0.307 e. The van der Waals surface area contributed by atoms with Gasteiger partial charge in [0.25, 0.3) is 0 Å². The van der Waals surface area contributed by atoms with Crippen LogP contribution in [0.4, 0.5) is 0 Å². The molecular weight excluding hydrogens is 444 g/mol. The molecule has 0 bridgehead atoms. The minimum atomic E-state index is -0.265. The molecule has 0 saturated carbocycles. The topological polar surface area (TPSA) is 112 Å². The zero-order valence-electron chi connectivity index (χ0n) is 21.5. The summed E-state index contributed by atoms with van der Waals surface area (Å²) in [5, 5.41) is 0. The second-order valence-corrected chi connectivity index (χ2v) is 7.61. The molecule has 0 atom stereocenters. The Morgan fingerprint density at radius 2 is 0.735 bits per heavy atom. The van der Waals surface area contributed by atoms with Crippen LogP contribution < -0.4 is 0 Å². The maximum absolute atomic E-state index is 11.8. The van der Waals surface area contributed by atoms with Gasteiger partial charge in [-0.3, -0.25) is 19.2 Å². The van der Waals surface area contributed by atoms with Crippen LogP contribution in [-0.4, -0.2) is 99.4 Å². The summed E-state index contributed by atoms with van der Waals surface area (Å²) in [6, 6.07) is 0. The molecule has 0 aliphatic heterocycles. The number of carbonyl (C=O) groups is 4. The van der Waals surface area contributed by atoms with Crippen LogP contribution in [0.3, 0.4) is 0 Å². The van der Waals surface area contributed by atoms with Gasteiger partial charge in [-0.05, 0) is 60.2 Å². The summed E-state index contributed by atoms with van der Waals surface area (Å²) in [4.78, 5) is 51.1. The highest BCUT2D eigenvalue weighted by Gasteiger charge is 2.14. The fourth-order valence-electron chi connectivity index (χ4n) is 3.32. The summed E-state index contributed by atoms with van der Waals surface area (Å²) in [7, 11) is 0. The Bertz CT molecular complexity index is 563. The summed E-state index contributed by atoms with van der Waals surface area (Å²) in [5.74, 6) is -1.00. The number of carbonyl (C=O) groups excluding carboxylic acids is 4. The Morgan fingerprint density at radius 1 is 0.441 bits per heavy atom. The molecule has 0 saturated heterocycles. The van der Waals surface area contributed by atoms with E-state index in [0.29, 0.717) is 78.5 Å². The van der Waals surface area contributed by atoms with E-state index >= 15 is 0 Å². The molecule has 0 fully saturated rings. The molecule has 0 aromatic rings. The van der Waals surface area contributed by atoms with Gasteiger partial charge < -0.3 is 28.7 Å². The molecule has 0 amide bonds. The van der Waals surface area contributed by atoms with Crippen LogP contribution in [0.15, 0.2) is 0 Å². The summed E-state index contributed by atoms with van der Waals surface area (Å²) < 4.78 is 20.0. The highest BCUT2D eigenvalue weighted by atomic mass is 16.5. The Labute approximate surface area is 204 Å². The number of hydrogen-bond acceptors (Lipinski definition) is 10. The predicted octanol–water partition coefficient (Wildman–Crippen LogP) is 2.18. The van der Waals surface area contributed by atoms with E-state index in [4.69, 9.17) is 18.9 Å². The molecule has 10 heteroatoms. The summed E-state index contributed by atoms with van der Waals surface area (Å²) in [6.07, 6.45) is 2.52. The molecule has 34 heavy (non-hydrogen) atoms. The van der Waals surface area contributed by atoms with Crippen molar-refractivity contribution in [2.75, 3.05) is 65.7 Å². The molecule has 0 N–H and O–H groups in total. The number of hydrogen-bond donors (Lipinski definition) is 0. The zero-order valence-corrected chi connectivity index (χ0v) is 21.5.